The van der Waals surface area contributed by atoms with E-state index in [-0.39, 0.29) is 23.9 Å². The van der Waals surface area contributed by atoms with Crippen LogP contribution in [0.5, 0.6) is 0 Å². The molecule has 2 rings (SSSR count). The number of amides is 2. The van der Waals surface area contributed by atoms with Crippen molar-refractivity contribution in [1.82, 2.24) is 5.32 Å². The molecule has 1 fully saturated rings. The molecule has 1 saturated carbocycles. The Morgan fingerprint density at radius 1 is 1.12 bits per heavy atom. The number of nitrogens with one attached hydrogen (secondary N) is 2. The number of carbonyl (C=O) groups excluding carboxylic acids is 2. The second-order valence-corrected chi connectivity index (χ2v) is 6.37. The van der Waals surface area contributed by atoms with Gasteiger partial charge < -0.3 is 15.7 Å². The fourth-order valence-corrected chi connectivity index (χ4v) is 3.04. The third-order valence-electron chi connectivity index (χ3n) is 4.40. The van der Waals surface area contributed by atoms with Gasteiger partial charge in [0.2, 0.25) is 11.8 Å². The van der Waals surface area contributed by atoms with Crippen LogP contribution < -0.4 is 10.6 Å². The van der Waals surface area contributed by atoms with Crippen molar-refractivity contribution in [2.24, 2.45) is 5.92 Å². The number of anilines is 1. The van der Waals surface area contributed by atoms with Crippen LogP contribution in [0.1, 0.15) is 54.4 Å². The zero-order valence-electron chi connectivity index (χ0n) is 13.9. The summed E-state index contributed by atoms with van der Waals surface area (Å²) in [6, 6.07) is 4.70. The van der Waals surface area contributed by atoms with Gasteiger partial charge >= 0.3 is 5.97 Å². The van der Waals surface area contributed by atoms with Gasteiger partial charge in [-0.05, 0) is 43.4 Å². The molecule has 0 aromatic heterocycles. The molecule has 0 atom stereocenters. The van der Waals surface area contributed by atoms with E-state index >= 15 is 0 Å². The standard InChI is InChI=1S/C18H24N2O4/c1-12-7-8-14(10-15(12)18(23)24)20-17(22)11-19-16(21)9-13-5-3-2-4-6-13/h7-8,10,13H,2-6,9,11H2,1H3,(H,19,21)(H,20,22)(H,23,24). The Kier molecular flexibility index (Phi) is 6.35. The molecule has 0 heterocycles. The lowest BCUT2D eigenvalue weighted by Crippen LogP contribution is -2.34. The van der Waals surface area contributed by atoms with E-state index in [0.29, 0.717) is 23.6 Å². The smallest absolute Gasteiger partial charge is 0.336 e. The van der Waals surface area contributed by atoms with Gasteiger partial charge in [-0.3, -0.25) is 9.59 Å². The number of carboxylic acid groups (broad SMARTS) is 1. The summed E-state index contributed by atoms with van der Waals surface area (Å²) in [5, 5.41) is 14.3. The molecule has 24 heavy (non-hydrogen) atoms. The second kappa shape index (κ2) is 8.47. The van der Waals surface area contributed by atoms with Gasteiger partial charge in [0.25, 0.3) is 0 Å². The lowest BCUT2D eigenvalue weighted by molar-refractivity contribution is -0.125. The maximum absolute atomic E-state index is 11.9. The number of aryl methyl sites for hydroxylation is 1. The Morgan fingerprint density at radius 3 is 2.50 bits per heavy atom. The fourth-order valence-electron chi connectivity index (χ4n) is 3.04. The van der Waals surface area contributed by atoms with E-state index in [9.17, 15) is 14.4 Å². The van der Waals surface area contributed by atoms with Crippen LogP contribution >= 0.6 is 0 Å². The summed E-state index contributed by atoms with van der Waals surface area (Å²) in [4.78, 5) is 34.9. The predicted molar refractivity (Wildman–Crippen MR) is 91.0 cm³/mol. The Labute approximate surface area is 141 Å². The van der Waals surface area contributed by atoms with Crippen molar-refractivity contribution in [2.75, 3.05) is 11.9 Å². The summed E-state index contributed by atoms with van der Waals surface area (Å²) in [6.07, 6.45) is 6.24. The predicted octanol–water partition coefficient (Wildman–Crippen LogP) is 2.72. The quantitative estimate of drug-likeness (QED) is 0.746. The van der Waals surface area contributed by atoms with Gasteiger partial charge in [0.05, 0.1) is 12.1 Å². The fraction of sp³-hybridized carbons (Fsp3) is 0.500. The SMILES string of the molecule is Cc1ccc(NC(=O)CNC(=O)CC2CCCCC2)cc1C(=O)O. The number of hydrogen-bond donors (Lipinski definition) is 3. The van der Waals surface area contributed by atoms with Crippen molar-refractivity contribution < 1.29 is 19.5 Å². The van der Waals surface area contributed by atoms with Crippen molar-refractivity contribution in [1.29, 1.82) is 0 Å². The van der Waals surface area contributed by atoms with Crippen molar-refractivity contribution in [3.05, 3.63) is 29.3 Å². The molecule has 0 unspecified atom stereocenters. The highest BCUT2D eigenvalue weighted by Crippen LogP contribution is 2.26. The number of carboxylic acids is 1. The van der Waals surface area contributed by atoms with Gasteiger partial charge in [0, 0.05) is 12.1 Å². The average molecular weight is 332 g/mol. The van der Waals surface area contributed by atoms with Crippen molar-refractivity contribution in [3.63, 3.8) is 0 Å². The van der Waals surface area contributed by atoms with E-state index in [1.165, 1.54) is 25.3 Å². The lowest BCUT2D eigenvalue weighted by atomic mass is 9.87. The Hall–Kier alpha value is -2.37. The van der Waals surface area contributed by atoms with E-state index in [0.717, 1.165) is 12.8 Å². The Morgan fingerprint density at radius 2 is 1.83 bits per heavy atom. The maximum Gasteiger partial charge on any atom is 0.336 e. The zero-order valence-corrected chi connectivity index (χ0v) is 13.9. The van der Waals surface area contributed by atoms with E-state index in [2.05, 4.69) is 10.6 Å². The van der Waals surface area contributed by atoms with Crippen LogP contribution in [-0.2, 0) is 9.59 Å². The second-order valence-electron chi connectivity index (χ2n) is 6.37. The number of carbonyl (C=O) groups is 3. The molecule has 1 aliphatic carbocycles. The first-order valence-corrected chi connectivity index (χ1v) is 8.36. The molecule has 1 aromatic carbocycles. The molecular formula is C18H24N2O4. The highest BCUT2D eigenvalue weighted by atomic mass is 16.4. The first-order chi connectivity index (χ1) is 11.5. The third kappa shape index (κ3) is 5.37. The molecule has 1 aromatic rings. The summed E-state index contributed by atoms with van der Waals surface area (Å²) < 4.78 is 0. The van der Waals surface area contributed by atoms with Crippen molar-refractivity contribution in [3.8, 4) is 0 Å². The molecule has 0 saturated heterocycles. The first kappa shape index (κ1) is 18.0. The molecular weight excluding hydrogens is 308 g/mol. The minimum atomic E-state index is -1.04. The lowest BCUT2D eigenvalue weighted by Gasteiger charge is -2.20. The molecule has 130 valence electrons. The van der Waals surface area contributed by atoms with E-state index in [1.54, 1.807) is 19.1 Å². The van der Waals surface area contributed by atoms with Crippen LogP contribution in [0.2, 0.25) is 0 Å². The summed E-state index contributed by atoms with van der Waals surface area (Å²) in [6.45, 7) is 1.59. The highest BCUT2D eigenvalue weighted by molar-refractivity contribution is 5.96. The monoisotopic (exact) mass is 332 g/mol. The molecule has 0 radical (unpaired) electrons. The van der Waals surface area contributed by atoms with Crippen LogP contribution in [-0.4, -0.2) is 29.4 Å². The minimum absolute atomic E-state index is 0.104. The number of rotatable bonds is 6. The van der Waals surface area contributed by atoms with E-state index in [1.807, 2.05) is 0 Å². The molecule has 0 bridgehead atoms. The van der Waals surface area contributed by atoms with Crippen LogP contribution in [0.15, 0.2) is 18.2 Å². The molecule has 1 aliphatic rings. The highest BCUT2D eigenvalue weighted by Gasteiger charge is 2.17. The van der Waals surface area contributed by atoms with E-state index in [4.69, 9.17) is 5.11 Å². The van der Waals surface area contributed by atoms with Gasteiger partial charge in [-0.2, -0.15) is 0 Å². The molecule has 2 amide bonds. The van der Waals surface area contributed by atoms with Crippen molar-refractivity contribution >= 4 is 23.5 Å². The molecule has 6 heteroatoms. The topological polar surface area (TPSA) is 95.5 Å². The van der Waals surface area contributed by atoms with Crippen molar-refractivity contribution in [2.45, 2.75) is 45.4 Å². The molecule has 3 N–H and O–H groups in total. The summed E-state index contributed by atoms with van der Waals surface area (Å²) in [5.74, 6) is -1.08. The summed E-state index contributed by atoms with van der Waals surface area (Å²) >= 11 is 0. The van der Waals surface area contributed by atoms with Gasteiger partial charge in [0.1, 0.15) is 0 Å². The largest absolute Gasteiger partial charge is 0.478 e. The first-order valence-electron chi connectivity index (χ1n) is 8.36. The van der Waals surface area contributed by atoms with Crippen LogP contribution in [0.3, 0.4) is 0 Å². The van der Waals surface area contributed by atoms with Crippen LogP contribution in [0.25, 0.3) is 0 Å². The van der Waals surface area contributed by atoms with Gasteiger partial charge in [-0.1, -0.05) is 25.3 Å². The number of aromatic carboxylic acids is 1. The molecule has 6 nitrogen and oxygen atoms in total. The zero-order chi connectivity index (χ0) is 17.5. The molecule has 0 spiro atoms. The van der Waals surface area contributed by atoms with Gasteiger partial charge in [-0.15, -0.1) is 0 Å². The number of hydrogen-bond acceptors (Lipinski definition) is 3. The third-order valence-corrected chi connectivity index (χ3v) is 4.40. The maximum atomic E-state index is 11.9. The van der Waals surface area contributed by atoms with Gasteiger partial charge in [-0.25, -0.2) is 4.79 Å². The van der Waals surface area contributed by atoms with E-state index < -0.39 is 5.97 Å². The Bertz CT molecular complexity index is 621. The van der Waals surface area contributed by atoms with Crippen LogP contribution in [0, 0.1) is 12.8 Å². The summed E-state index contributed by atoms with van der Waals surface area (Å²) in [5.41, 5.74) is 1.18. The van der Waals surface area contributed by atoms with Gasteiger partial charge in [0.15, 0.2) is 0 Å². The summed E-state index contributed by atoms with van der Waals surface area (Å²) in [7, 11) is 0. The normalized spacial score (nSPS) is 14.9. The number of benzene rings is 1. The Balaban J connectivity index is 1.79. The minimum Gasteiger partial charge on any atom is -0.478 e. The average Bonchev–Trinajstić information content (AvgIpc) is 2.55. The molecule has 0 aliphatic heterocycles. The van der Waals surface area contributed by atoms with Crippen LogP contribution in [0.4, 0.5) is 5.69 Å².